The van der Waals surface area contributed by atoms with Crippen LogP contribution in [-0.2, 0) is 21.3 Å². The summed E-state index contributed by atoms with van der Waals surface area (Å²) in [7, 11) is -1.95. The number of hydrogen-bond donors (Lipinski definition) is 3. The van der Waals surface area contributed by atoms with Gasteiger partial charge in [-0.3, -0.25) is 0 Å². The van der Waals surface area contributed by atoms with Gasteiger partial charge in [0.2, 0.25) is 10.0 Å². The maximum atomic E-state index is 12.4. The van der Waals surface area contributed by atoms with E-state index in [0.29, 0.717) is 19.7 Å². The highest BCUT2D eigenvalue weighted by molar-refractivity contribution is 14.0. The zero-order valence-electron chi connectivity index (χ0n) is 16.7. The summed E-state index contributed by atoms with van der Waals surface area (Å²) < 4.78 is 37.9. The van der Waals surface area contributed by atoms with Crippen molar-refractivity contribution in [1.29, 1.82) is 0 Å². The minimum atomic E-state index is -3.56. The monoisotopic (exact) mass is 546 g/mol. The van der Waals surface area contributed by atoms with Crippen molar-refractivity contribution < 1.29 is 17.9 Å². The Bertz CT molecular complexity index is 928. The van der Waals surface area contributed by atoms with Gasteiger partial charge in [0.15, 0.2) is 5.96 Å². The first-order valence-corrected chi connectivity index (χ1v) is 10.9. The van der Waals surface area contributed by atoms with Crippen molar-refractivity contribution in [3.8, 4) is 5.75 Å². The molecule has 2 aromatic carbocycles. The molecule has 1 aliphatic heterocycles. The molecule has 0 radical (unpaired) electrons. The first kappa shape index (κ1) is 24.4. The van der Waals surface area contributed by atoms with E-state index in [2.05, 4.69) is 15.0 Å². The first-order chi connectivity index (χ1) is 14.0. The van der Waals surface area contributed by atoms with E-state index in [4.69, 9.17) is 15.2 Å². The predicted octanol–water partition coefficient (Wildman–Crippen LogP) is 2.70. The molecular formula is C20H27IN4O4S. The van der Waals surface area contributed by atoms with E-state index in [-0.39, 0.29) is 40.9 Å². The number of benzene rings is 2. The second-order valence-electron chi connectivity index (χ2n) is 6.69. The SMILES string of the molecule is COc1ccc(NC(N)=NCc2ccc(S(=O)(=O)NCC3CCCO3)cc2)cc1.I. The smallest absolute Gasteiger partial charge is 0.240 e. The van der Waals surface area contributed by atoms with Gasteiger partial charge in [-0.25, -0.2) is 18.1 Å². The van der Waals surface area contributed by atoms with E-state index in [0.717, 1.165) is 29.8 Å². The van der Waals surface area contributed by atoms with Gasteiger partial charge in [0.25, 0.3) is 0 Å². The van der Waals surface area contributed by atoms with Gasteiger partial charge >= 0.3 is 0 Å². The van der Waals surface area contributed by atoms with Crippen LogP contribution in [0.2, 0.25) is 0 Å². The minimum Gasteiger partial charge on any atom is -0.497 e. The van der Waals surface area contributed by atoms with Gasteiger partial charge in [-0.1, -0.05) is 12.1 Å². The van der Waals surface area contributed by atoms with Gasteiger partial charge in [0, 0.05) is 18.8 Å². The maximum Gasteiger partial charge on any atom is 0.240 e. The van der Waals surface area contributed by atoms with E-state index in [1.165, 1.54) is 0 Å². The van der Waals surface area contributed by atoms with Crippen molar-refractivity contribution >= 4 is 45.6 Å². The van der Waals surface area contributed by atoms with E-state index in [1.54, 1.807) is 31.4 Å². The summed E-state index contributed by atoms with van der Waals surface area (Å²) >= 11 is 0. The van der Waals surface area contributed by atoms with Crippen LogP contribution in [0.1, 0.15) is 18.4 Å². The Morgan fingerprint density at radius 1 is 1.20 bits per heavy atom. The molecule has 0 saturated carbocycles. The van der Waals surface area contributed by atoms with Crippen LogP contribution in [0.5, 0.6) is 5.75 Å². The van der Waals surface area contributed by atoms with E-state index >= 15 is 0 Å². The number of rotatable bonds is 8. The van der Waals surface area contributed by atoms with Crippen LogP contribution in [0.4, 0.5) is 5.69 Å². The van der Waals surface area contributed by atoms with Crippen molar-refractivity contribution in [3.05, 3.63) is 54.1 Å². The topological polar surface area (TPSA) is 115 Å². The highest BCUT2D eigenvalue weighted by Crippen LogP contribution is 2.16. The summed E-state index contributed by atoms with van der Waals surface area (Å²) in [4.78, 5) is 4.50. The number of anilines is 1. The molecule has 1 atom stereocenters. The summed E-state index contributed by atoms with van der Waals surface area (Å²) in [5.74, 6) is 1.02. The third-order valence-corrected chi connectivity index (χ3v) is 5.99. The van der Waals surface area contributed by atoms with Crippen molar-refractivity contribution in [1.82, 2.24) is 4.72 Å². The molecular weight excluding hydrogens is 519 g/mol. The largest absolute Gasteiger partial charge is 0.497 e. The summed E-state index contributed by atoms with van der Waals surface area (Å²) in [5, 5.41) is 3.00. The molecule has 8 nitrogen and oxygen atoms in total. The van der Waals surface area contributed by atoms with Crippen LogP contribution in [0.3, 0.4) is 0 Å². The molecule has 1 heterocycles. The molecule has 1 aliphatic rings. The van der Waals surface area contributed by atoms with Gasteiger partial charge < -0.3 is 20.5 Å². The van der Waals surface area contributed by atoms with Crippen LogP contribution in [0.15, 0.2) is 58.4 Å². The average molecular weight is 546 g/mol. The van der Waals surface area contributed by atoms with Crippen molar-refractivity contribution in [3.63, 3.8) is 0 Å². The van der Waals surface area contributed by atoms with Gasteiger partial charge in [0.1, 0.15) is 5.75 Å². The molecule has 1 fully saturated rings. The quantitative estimate of drug-likeness (QED) is 0.267. The van der Waals surface area contributed by atoms with Crippen molar-refractivity contribution in [2.45, 2.75) is 30.4 Å². The number of ether oxygens (including phenoxy) is 2. The molecule has 0 aromatic heterocycles. The number of hydrogen-bond acceptors (Lipinski definition) is 5. The fraction of sp³-hybridized carbons (Fsp3) is 0.350. The lowest BCUT2D eigenvalue weighted by atomic mass is 10.2. The van der Waals surface area contributed by atoms with Gasteiger partial charge in [-0.05, 0) is 54.8 Å². The number of nitrogens with two attached hydrogens (primary N) is 1. The van der Waals surface area contributed by atoms with Crippen molar-refractivity contribution in [2.24, 2.45) is 10.7 Å². The Morgan fingerprint density at radius 3 is 2.50 bits per heavy atom. The Morgan fingerprint density at radius 2 is 1.90 bits per heavy atom. The second kappa shape index (κ2) is 11.5. The number of nitrogens with zero attached hydrogens (tertiary/aromatic N) is 1. The fourth-order valence-corrected chi connectivity index (χ4v) is 3.97. The van der Waals surface area contributed by atoms with Gasteiger partial charge in [0.05, 0.1) is 24.7 Å². The molecule has 0 spiro atoms. The molecule has 3 rings (SSSR count). The standard InChI is InChI=1S/C20H26N4O4S.HI/c1-27-17-8-6-16(7-9-17)24-20(21)22-13-15-4-10-19(11-5-15)29(25,26)23-14-18-3-2-12-28-18;/h4-11,18,23H,2-3,12-14H2,1H3,(H3,21,22,24);1H. The molecule has 4 N–H and O–H groups in total. The molecule has 0 bridgehead atoms. The third kappa shape index (κ3) is 7.11. The number of halogens is 1. The first-order valence-electron chi connectivity index (χ1n) is 9.37. The Labute approximate surface area is 194 Å². The molecule has 0 aliphatic carbocycles. The third-order valence-electron chi connectivity index (χ3n) is 4.55. The predicted molar refractivity (Wildman–Crippen MR) is 128 cm³/mol. The number of sulfonamides is 1. The Kier molecular flexibility index (Phi) is 9.34. The molecule has 2 aromatic rings. The van der Waals surface area contributed by atoms with Gasteiger partial charge in [-0.15, -0.1) is 24.0 Å². The van der Waals surface area contributed by atoms with E-state index in [1.807, 2.05) is 24.3 Å². The van der Waals surface area contributed by atoms with Crippen LogP contribution in [-0.4, -0.2) is 40.7 Å². The van der Waals surface area contributed by atoms with Crippen LogP contribution in [0, 0.1) is 0 Å². The minimum absolute atomic E-state index is 0. The summed E-state index contributed by atoms with van der Waals surface area (Å²) in [6.45, 7) is 1.32. The normalized spacial score (nSPS) is 16.7. The maximum absolute atomic E-state index is 12.4. The average Bonchev–Trinajstić information content (AvgIpc) is 3.25. The Hall–Kier alpha value is -1.89. The zero-order chi connectivity index (χ0) is 20.7. The van der Waals surface area contributed by atoms with Crippen LogP contribution in [0.25, 0.3) is 0 Å². The molecule has 10 heteroatoms. The van der Waals surface area contributed by atoms with Crippen LogP contribution >= 0.6 is 24.0 Å². The van der Waals surface area contributed by atoms with Crippen LogP contribution < -0.4 is 20.5 Å². The van der Waals surface area contributed by atoms with E-state index < -0.39 is 10.0 Å². The summed E-state index contributed by atoms with van der Waals surface area (Å²) in [6.07, 6.45) is 1.81. The molecule has 0 amide bonds. The highest BCUT2D eigenvalue weighted by atomic mass is 127. The zero-order valence-corrected chi connectivity index (χ0v) is 19.9. The highest BCUT2D eigenvalue weighted by Gasteiger charge is 2.20. The summed E-state index contributed by atoms with van der Waals surface area (Å²) in [5.41, 5.74) is 7.56. The summed E-state index contributed by atoms with van der Waals surface area (Å²) in [6, 6.07) is 13.9. The molecule has 1 unspecified atom stereocenters. The number of nitrogens with one attached hydrogen (secondary N) is 2. The fourth-order valence-electron chi connectivity index (χ4n) is 2.90. The lowest BCUT2D eigenvalue weighted by molar-refractivity contribution is 0.114. The molecule has 164 valence electrons. The molecule has 30 heavy (non-hydrogen) atoms. The molecule has 1 saturated heterocycles. The Balaban J connectivity index is 0.00000320. The lowest BCUT2D eigenvalue weighted by Crippen LogP contribution is -2.31. The lowest BCUT2D eigenvalue weighted by Gasteiger charge is -2.11. The second-order valence-corrected chi connectivity index (χ2v) is 8.45. The van der Waals surface area contributed by atoms with Gasteiger partial charge in [-0.2, -0.15) is 0 Å². The van der Waals surface area contributed by atoms with Crippen molar-refractivity contribution in [2.75, 3.05) is 25.6 Å². The number of guanidine groups is 1. The van der Waals surface area contributed by atoms with E-state index in [9.17, 15) is 8.42 Å². The number of methoxy groups -OCH3 is 1. The number of aliphatic imine (C=N–C) groups is 1.